The maximum atomic E-state index is 4.96. The number of aromatic nitrogens is 2. The van der Waals surface area contributed by atoms with E-state index < -0.39 is 0 Å². The summed E-state index contributed by atoms with van der Waals surface area (Å²) in [7, 11) is 0. The first-order valence-electron chi connectivity index (χ1n) is 25.4. The van der Waals surface area contributed by atoms with Gasteiger partial charge in [-0.25, -0.2) is 9.97 Å². The lowest BCUT2D eigenvalue weighted by Gasteiger charge is -2.45. The minimum atomic E-state index is -0.0331. The lowest BCUT2D eigenvalue weighted by atomic mass is 9.33. The molecular weight excluding hydrogens is 860 g/mol. The van der Waals surface area contributed by atoms with Crippen molar-refractivity contribution in [3.63, 3.8) is 0 Å². The second-order valence-electron chi connectivity index (χ2n) is 19.1. The first kappa shape index (κ1) is 44.0. The number of hydrogen-bond acceptors (Lipinski definition) is 4. The van der Waals surface area contributed by atoms with Crippen molar-refractivity contribution < 1.29 is 0 Å². The Hall–Kier alpha value is -8.28. The van der Waals surface area contributed by atoms with Gasteiger partial charge in [0, 0.05) is 45.9 Å². The Kier molecular flexibility index (Phi) is 11.9. The van der Waals surface area contributed by atoms with E-state index in [9.17, 15) is 0 Å². The van der Waals surface area contributed by atoms with Gasteiger partial charge in [0.25, 0.3) is 6.71 Å². The molecule has 0 aliphatic carbocycles. The van der Waals surface area contributed by atoms with Crippen LogP contribution in [0.2, 0.25) is 0 Å². The second kappa shape index (κ2) is 19.3. The van der Waals surface area contributed by atoms with Crippen LogP contribution in [0.3, 0.4) is 0 Å². The molecule has 10 aromatic rings. The molecule has 0 amide bonds. The van der Waals surface area contributed by atoms with E-state index in [-0.39, 0.29) is 6.71 Å². The number of rotatable bonds is 13. The normalized spacial score (nSPS) is 12.3. The third-order valence-corrected chi connectivity index (χ3v) is 14.5. The highest BCUT2D eigenvalue weighted by molar-refractivity contribution is 7.00. The van der Waals surface area contributed by atoms with Crippen molar-refractivity contribution in [2.75, 3.05) is 9.80 Å². The van der Waals surface area contributed by atoms with Crippen LogP contribution in [-0.2, 0) is 12.8 Å². The van der Waals surface area contributed by atoms with Crippen molar-refractivity contribution in [1.82, 2.24) is 9.97 Å². The number of aryl methyl sites for hydroxylation is 2. The van der Waals surface area contributed by atoms with Crippen LogP contribution in [0, 0.1) is 0 Å². The molecule has 0 spiro atoms. The van der Waals surface area contributed by atoms with Crippen LogP contribution in [0.15, 0.2) is 225 Å². The third-order valence-electron chi connectivity index (χ3n) is 14.5. The summed E-state index contributed by atoms with van der Waals surface area (Å²) in [4.78, 5) is 14.5. The first-order chi connectivity index (χ1) is 35.1. The van der Waals surface area contributed by atoms with Crippen molar-refractivity contribution in [2.45, 2.75) is 52.4 Å². The van der Waals surface area contributed by atoms with Gasteiger partial charge in [-0.3, -0.25) is 0 Å². The second-order valence-corrected chi connectivity index (χ2v) is 19.1. The van der Waals surface area contributed by atoms with Crippen LogP contribution >= 0.6 is 0 Å². The molecule has 0 radical (unpaired) electrons. The predicted molar refractivity (Wildman–Crippen MR) is 300 cm³/mol. The molecule has 0 unspecified atom stereocenters. The number of nitrogens with zero attached hydrogens (tertiary/aromatic N) is 4. The molecule has 342 valence electrons. The summed E-state index contributed by atoms with van der Waals surface area (Å²) in [5, 5.41) is 0. The third kappa shape index (κ3) is 8.42. The predicted octanol–water partition coefficient (Wildman–Crippen LogP) is 15.6. The molecular formula is C66H55BN4. The monoisotopic (exact) mass is 914 g/mol. The van der Waals surface area contributed by atoms with Crippen LogP contribution in [0.4, 0.5) is 34.1 Å². The molecule has 4 nitrogen and oxygen atoms in total. The fourth-order valence-corrected chi connectivity index (χ4v) is 11.0. The summed E-state index contributed by atoms with van der Waals surface area (Å²) < 4.78 is 0. The summed E-state index contributed by atoms with van der Waals surface area (Å²) in [6, 6.07) is 79.2. The van der Waals surface area contributed by atoms with E-state index >= 15 is 0 Å². The van der Waals surface area contributed by atoms with Gasteiger partial charge in [-0.05, 0) is 164 Å². The fraction of sp³-hybridized carbons (Fsp3) is 0.121. The Morgan fingerprint density at radius 1 is 0.380 bits per heavy atom. The van der Waals surface area contributed by atoms with Crippen molar-refractivity contribution in [2.24, 2.45) is 0 Å². The van der Waals surface area contributed by atoms with Crippen LogP contribution < -0.4 is 26.2 Å². The quantitative estimate of drug-likeness (QED) is 0.108. The maximum absolute atomic E-state index is 4.96. The molecule has 0 N–H and O–H groups in total. The van der Waals surface area contributed by atoms with Crippen molar-refractivity contribution in [3.8, 4) is 55.8 Å². The molecule has 0 saturated carbocycles. The highest BCUT2D eigenvalue weighted by Gasteiger charge is 2.44. The number of anilines is 6. The van der Waals surface area contributed by atoms with Gasteiger partial charge in [0.05, 0.1) is 5.69 Å². The Morgan fingerprint density at radius 2 is 0.789 bits per heavy atom. The van der Waals surface area contributed by atoms with Gasteiger partial charge < -0.3 is 9.80 Å². The summed E-state index contributed by atoms with van der Waals surface area (Å²) in [5.41, 5.74) is 24.9. The van der Waals surface area contributed by atoms with Crippen LogP contribution in [0.1, 0.15) is 50.7 Å². The molecule has 71 heavy (non-hydrogen) atoms. The molecule has 0 saturated heterocycles. The molecule has 3 heterocycles. The molecule has 9 aromatic carbocycles. The van der Waals surface area contributed by atoms with Crippen molar-refractivity contribution >= 4 is 57.2 Å². The Labute approximate surface area is 419 Å². The van der Waals surface area contributed by atoms with Gasteiger partial charge in [0.2, 0.25) is 0 Å². The molecule has 1 aromatic heterocycles. The van der Waals surface area contributed by atoms with E-state index in [2.05, 4.69) is 235 Å². The highest BCUT2D eigenvalue weighted by Crippen LogP contribution is 2.48. The minimum absolute atomic E-state index is 0.0331. The number of hydrogen-bond donors (Lipinski definition) is 0. The number of fused-ring (bicyclic) bond motifs is 4. The molecule has 5 heteroatoms. The van der Waals surface area contributed by atoms with Crippen molar-refractivity contribution in [1.29, 1.82) is 0 Å². The fourth-order valence-electron chi connectivity index (χ4n) is 11.0. The highest BCUT2D eigenvalue weighted by atomic mass is 15.2. The molecule has 0 fully saturated rings. The average molecular weight is 915 g/mol. The van der Waals surface area contributed by atoms with E-state index in [0.29, 0.717) is 0 Å². The van der Waals surface area contributed by atoms with Crippen molar-refractivity contribution in [3.05, 3.63) is 236 Å². The van der Waals surface area contributed by atoms with Gasteiger partial charge in [-0.1, -0.05) is 172 Å². The zero-order valence-electron chi connectivity index (χ0n) is 40.5. The average Bonchev–Trinajstić information content (AvgIpc) is 3.44. The van der Waals surface area contributed by atoms with E-state index in [1.54, 1.807) is 6.33 Å². The Bertz CT molecular complexity index is 3180. The molecule has 0 atom stereocenters. The SMILES string of the molecule is CCCCc1ccc2c(c1)N(c1cc(-c3ccccc3)cc(-c3ccccc3)c1)c1cc(-c3ccncn3)cc3c1B2c1ccc(CCCC)cc1N3c1cc(-c2ccccc2)cc(-c2ccccc2)c1. The standard InChI is InChI=1S/C66H55BN4/c1-3-5-19-46-29-31-59-62(35-46)70(57-39-52(48-21-11-7-12-22-48)37-53(40-57)49-23-13-8-14-24-49)64-43-56(61-33-34-68-45-69-61)44-65-66(64)67(59)60-32-30-47(20-6-4-2)36-63(60)71(65)58-41-54(50-25-15-9-16-26-50)38-55(42-58)51-27-17-10-18-28-51/h7-18,21-45H,3-6,19-20H2,1-2H3. The molecule has 0 bridgehead atoms. The first-order valence-corrected chi connectivity index (χ1v) is 25.4. The Balaban J connectivity index is 1.19. The zero-order chi connectivity index (χ0) is 47.7. The summed E-state index contributed by atoms with van der Waals surface area (Å²) in [5.74, 6) is 0. The molecule has 2 aliphatic rings. The van der Waals surface area contributed by atoms with Crippen LogP contribution in [0.25, 0.3) is 55.8 Å². The Morgan fingerprint density at radius 3 is 1.15 bits per heavy atom. The van der Waals surface area contributed by atoms with Crippen LogP contribution in [-0.4, -0.2) is 16.7 Å². The lowest BCUT2D eigenvalue weighted by molar-refractivity contribution is 0.795. The smallest absolute Gasteiger partial charge is 0.252 e. The van der Waals surface area contributed by atoms with Gasteiger partial charge in [0.1, 0.15) is 6.33 Å². The lowest BCUT2D eigenvalue weighted by Crippen LogP contribution is -2.61. The van der Waals surface area contributed by atoms with E-state index in [1.165, 1.54) is 83.4 Å². The summed E-state index contributed by atoms with van der Waals surface area (Å²) in [6.45, 7) is 4.54. The van der Waals surface area contributed by atoms with E-state index in [1.807, 2.05) is 12.3 Å². The molecule has 2 aliphatic heterocycles. The van der Waals surface area contributed by atoms with Crippen LogP contribution in [0.5, 0.6) is 0 Å². The van der Waals surface area contributed by atoms with Gasteiger partial charge >= 0.3 is 0 Å². The van der Waals surface area contributed by atoms with E-state index in [0.717, 1.165) is 72.5 Å². The topological polar surface area (TPSA) is 32.3 Å². The zero-order valence-corrected chi connectivity index (χ0v) is 40.5. The van der Waals surface area contributed by atoms with Gasteiger partial charge in [-0.2, -0.15) is 0 Å². The minimum Gasteiger partial charge on any atom is -0.311 e. The molecule has 12 rings (SSSR count). The summed E-state index contributed by atoms with van der Waals surface area (Å²) in [6.07, 6.45) is 10.1. The van der Waals surface area contributed by atoms with Gasteiger partial charge in [0.15, 0.2) is 0 Å². The number of benzene rings is 9. The largest absolute Gasteiger partial charge is 0.311 e. The summed E-state index contributed by atoms with van der Waals surface area (Å²) >= 11 is 0. The number of unbranched alkanes of at least 4 members (excludes halogenated alkanes) is 2. The van der Waals surface area contributed by atoms with Gasteiger partial charge in [-0.15, -0.1) is 0 Å². The maximum Gasteiger partial charge on any atom is 0.252 e. The van der Waals surface area contributed by atoms with E-state index in [4.69, 9.17) is 4.98 Å².